The molecule has 0 bridgehead atoms. The van der Waals surface area contributed by atoms with Crippen LogP contribution in [0.25, 0.3) is 5.69 Å². The number of unbranched alkanes of at least 4 members (excludes halogenated alkanes) is 1. The van der Waals surface area contributed by atoms with E-state index in [-0.39, 0.29) is 5.91 Å². The van der Waals surface area contributed by atoms with Gasteiger partial charge >= 0.3 is 0 Å². The van der Waals surface area contributed by atoms with Gasteiger partial charge in [-0.15, -0.1) is 0 Å². The van der Waals surface area contributed by atoms with Crippen molar-refractivity contribution in [2.45, 2.75) is 19.8 Å². The SMILES string of the molecule is Cc1cccc(N2CCN(CCCCNC(=O)c3cccc(-n4cncn4)c3)CC2)c1. The number of hydrogen-bond acceptors (Lipinski definition) is 5. The number of hydrogen-bond donors (Lipinski definition) is 1. The maximum Gasteiger partial charge on any atom is 0.251 e. The Kier molecular flexibility index (Phi) is 6.94. The largest absolute Gasteiger partial charge is 0.369 e. The highest BCUT2D eigenvalue weighted by molar-refractivity contribution is 5.94. The van der Waals surface area contributed by atoms with Gasteiger partial charge in [0.05, 0.1) is 5.69 Å². The van der Waals surface area contributed by atoms with Crippen molar-refractivity contribution in [1.82, 2.24) is 25.0 Å². The van der Waals surface area contributed by atoms with E-state index in [1.165, 1.54) is 17.6 Å². The first-order chi connectivity index (χ1) is 15.2. The topological polar surface area (TPSA) is 66.3 Å². The molecule has 7 heteroatoms. The summed E-state index contributed by atoms with van der Waals surface area (Å²) in [6.45, 7) is 8.25. The molecule has 1 saturated heterocycles. The number of anilines is 1. The normalized spacial score (nSPS) is 14.5. The molecule has 1 aromatic heterocycles. The number of nitrogens with zero attached hydrogens (tertiary/aromatic N) is 5. The molecule has 31 heavy (non-hydrogen) atoms. The maximum absolute atomic E-state index is 12.5. The van der Waals surface area contributed by atoms with Gasteiger partial charge in [-0.3, -0.25) is 9.69 Å². The fourth-order valence-electron chi connectivity index (χ4n) is 3.95. The predicted octanol–water partition coefficient (Wildman–Crippen LogP) is 2.91. The second-order valence-electron chi connectivity index (χ2n) is 8.02. The van der Waals surface area contributed by atoms with Gasteiger partial charge in [0.1, 0.15) is 12.7 Å². The van der Waals surface area contributed by atoms with E-state index < -0.39 is 0 Å². The molecular formula is C24H30N6O. The van der Waals surface area contributed by atoms with Crippen LogP contribution in [0.5, 0.6) is 0 Å². The van der Waals surface area contributed by atoms with Crippen LogP contribution in [0.1, 0.15) is 28.8 Å². The summed E-state index contributed by atoms with van der Waals surface area (Å²) >= 11 is 0. The van der Waals surface area contributed by atoms with Crippen molar-refractivity contribution >= 4 is 11.6 Å². The van der Waals surface area contributed by atoms with Crippen molar-refractivity contribution < 1.29 is 4.79 Å². The fraction of sp³-hybridized carbons (Fsp3) is 0.375. The lowest BCUT2D eigenvalue weighted by Gasteiger charge is -2.36. The van der Waals surface area contributed by atoms with Crippen LogP contribution in [0.15, 0.2) is 61.2 Å². The summed E-state index contributed by atoms with van der Waals surface area (Å²) in [6.07, 6.45) is 5.17. The average Bonchev–Trinajstić information content (AvgIpc) is 3.34. The lowest BCUT2D eigenvalue weighted by Crippen LogP contribution is -2.46. The number of aromatic nitrogens is 3. The van der Waals surface area contributed by atoms with E-state index in [0.29, 0.717) is 12.1 Å². The van der Waals surface area contributed by atoms with Gasteiger partial charge in [0, 0.05) is 44.0 Å². The smallest absolute Gasteiger partial charge is 0.251 e. The average molecular weight is 419 g/mol. The quantitative estimate of drug-likeness (QED) is 0.570. The first-order valence-electron chi connectivity index (χ1n) is 11.0. The van der Waals surface area contributed by atoms with Crippen LogP contribution in [0.4, 0.5) is 5.69 Å². The lowest BCUT2D eigenvalue weighted by atomic mass is 10.1. The van der Waals surface area contributed by atoms with Crippen LogP contribution < -0.4 is 10.2 Å². The summed E-state index contributed by atoms with van der Waals surface area (Å²) in [7, 11) is 0. The molecule has 0 radical (unpaired) electrons. The Hall–Kier alpha value is -3.19. The highest BCUT2D eigenvalue weighted by Gasteiger charge is 2.16. The Morgan fingerprint density at radius 2 is 1.81 bits per heavy atom. The minimum Gasteiger partial charge on any atom is -0.369 e. The van der Waals surface area contributed by atoms with Crippen LogP contribution >= 0.6 is 0 Å². The second-order valence-corrected chi connectivity index (χ2v) is 8.02. The molecule has 2 aromatic carbocycles. The van der Waals surface area contributed by atoms with Gasteiger partial charge < -0.3 is 10.2 Å². The molecule has 0 unspecified atom stereocenters. The third-order valence-corrected chi connectivity index (χ3v) is 5.72. The summed E-state index contributed by atoms with van der Waals surface area (Å²) in [5, 5.41) is 7.14. The summed E-state index contributed by atoms with van der Waals surface area (Å²) in [5.41, 5.74) is 4.11. The zero-order valence-corrected chi connectivity index (χ0v) is 18.1. The van der Waals surface area contributed by atoms with Crippen molar-refractivity contribution in [3.63, 3.8) is 0 Å². The Bertz CT molecular complexity index is 979. The number of nitrogens with one attached hydrogen (secondary N) is 1. The number of amides is 1. The van der Waals surface area contributed by atoms with E-state index in [9.17, 15) is 4.79 Å². The van der Waals surface area contributed by atoms with Crippen molar-refractivity contribution in [3.05, 3.63) is 72.3 Å². The summed E-state index contributed by atoms with van der Waals surface area (Å²) < 4.78 is 1.65. The molecule has 1 aliphatic heterocycles. The molecule has 0 atom stereocenters. The van der Waals surface area contributed by atoms with E-state index in [2.05, 4.69) is 56.4 Å². The minimum atomic E-state index is -0.0475. The van der Waals surface area contributed by atoms with Crippen LogP contribution in [0.3, 0.4) is 0 Å². The molecule has 1 N–H and O–H groups in total. The highest BCUT2D eigenvalue weighted by atomic mass is 16.1. The summed E-state index contributed by atoms with van der Waals surface area (Å²) in [6, 6.07) is 16.2. The van der Waals surface area contributed by atoms with Gasteiger partial charge in [-0.1, -0.05) is 18.2 Å². The third kappa shape index (κ3) is 5.70. The molecule has 0 spiro atoms. The standard InChI is InChI=1S/C24H30N6O/c1-20-6-4-8-22(16-20)29-14-12-28(13-15-29)11-3-2-10-26-24(31)21-7-5-9-23(17-21)30-19-25-18-27-30/h4-9,16-19H,2-3,10-15H2,1H3,(H,26,31). The molecule has 3 aromatic rings. The number of carbonyl (C=O) groups excluding carboxylic acids is 1. The first-order valence-corrected chi connectivity index (χ1v) is 11.0. The van der Waals surface area contributed by atoms with Gasteiger partial charge in [-0.25, -0.2) is 9.67 Å². The molecule has 7 nitrogen and oxygen atoms in total. The molecule has 1 fully saturated rings. The van der Waals surface area contributed by atoms with E-state index in [0.717, 1.165) is 51.3 Å². The third-order valence-electron chi connectivity index (χ3n) is 5.72. The van der Waals surface area contributed by atoms with E-state index in [4.69, 9.17) is 0 Å². The van der Waals surface area contributed by atoms with Crippen LogP contribution in [-0.4, -0.2) is 64.8 Å². The van der Waals surface area contributed by atoms with Crippen LogP contribution in [-0.2, 0) is 0 Å². The molecule has 1 aliphatic rings. The number of carbonyl (C=O) groups is 1. The zero-order chi connectivity index (χ0) is 21.5. The molecule has 0 aliphatic carbocycles. The van der Waals surface area contributed by atoms with Gasteiger partial charge in [0.2, 0.25) is 0 Å². The van der Waals surface area contributed by atoms with Crippen LogP contribution in [0.2, 0.25) is 0 Å². The number of aryl methyl sites for hydroxylation is 1. The molecule has 2 heterocycles. The van der Waals surface area contributed by atoms with Gasteiger partial charge in [-0.05, 0) is 62.2 Å². The number of benzene rings is 2. The first kappa shape index (κ1) is 21.1. The molecule has 4 rings (SSSR count). The van der Waals surface area contributed by atoms with Crippen molar-refractivity contribution in [2.75, 3.05) is 44.2 Å². The predicted molar refractivity (Wildman–Crippen MR) is 123 cm³/mol. The van der Waals surface area contributed by atoms with E-state index >= 15 is 0 Å². The monoisotopic (exact) mass is 418 g/mol. The van der Waals surface area contributed by atoms with Crippen molar-refractivity contribution in [1.29, 1.82) is 0 Å². The van der Waals surface area contributed by atoms with Crippen LogP contribution in [0, 0.1) is 6.92 Å². The maximum atomic E-state index is 12.5. The van der Waals surface area contributed by atoms with Gasteiger partial charge in [-0.2, -0.15) is 5.10 Å². The number of rotatable bonds is 8. The molecule has 1 amide bonds. The molecule has 0 saturated carbocycles. The molecular weight excluding hydrogens is 388 g/mol. The van der Waals surface area contributed by atoms with Crippen molar-refractivity contribution in [2.24, 2.45) is 0 Å². The second kappa shape index (κ2) is 10.2. The minimum absolute atomic E-state index is 0.0475. The Morgan fingerprint density at radius 1 is 1.00 bits per heavy atom. The van der Waals surface area contributed by atoms with Crippen molar-refractivity contribution in [3.8, 4) is 5.69 Å². The summed E-state index contributed by atoms with van der Waals surface area (Å²) in [5.74, 6) is -0.0475. The lowest BCUT2D eigenvalue weighted by molar-refractivity contribution is 0.0952. The van der Waals surface area contributed by atoms with E-state index in [1.54, 1.807) is 11.0 Å². The number of piperazine rings is 1. The highest BCUT2D eigenvalue weighted by Crippen LogP contribution is 2.18. The Morgan fingerprint density at radius 3 is 2.58 bits per heavy atom. The zero-order valence-electron chi connectivity index (χ0n) is 18.1. The molecule has 162 valence electrons. The van der Waals surface area contributed by atoms with E-state index in [1.807, 2.05) is 24.3 Å². The van der Waals surface area contributed by atoms with Gasteiger partial charge in [0.15, 0.2) is 0 Å². The summed E-state index contributed by atoms with van der Waals surface area (Å²) in [4.78, 5) is 21.4. The van der Waals surface area contributed by atoms with Gasteiger partial charge in [0.25, 0.3) is 5.91 Å². The Labute approximate surface area is 183 Å². The fourth-order valence-corrected chi connectivity index (χ4v) is 3.95. The Balaban J connectivity index is 1.14.